The number of aryl methyl sites for hydroxylation is 1. The number of rotatable bonds is 3. The van der Waals surface area contributed by atoms with E-state index in [1.807, 2.05) is 29.5 Å². The molecule has 3 heterocycles. The smallest absolute Gasteiger partial charge is 0.264 e. The van der Waals surface area contributed by atoms with Crippen molar-refractivity contribution >= 4 is 27.5 Å². The molecule has 0 bridgehead atoms. The molecule has 3 rings (SSSR count). The molecule has 0 spiro atoms. The Morgan fingerprint density at radius 1 is 1.55 bits per heavy atom. The summed E-state index contributed by atoms with van der Waals surface area (Å²) in [7, 11) is 0. The van der Waals surface area contributed by atoms with Gasteiger partial charge in [-0.1, -0.05) is 13.8 Å². The predicted octanol–water partition coefficient (Wildman–Crippen LogP) is 2.92. The number of amides is 1. The summed E-state index contributed by atoms with van der Waals surface area (Å²) in [5.74, 6) is 0.649. The van der Waals surface area contributed by atoms with Gasteiger partial charge in [0.1, 0.15) is 4.83 Å². The molecular weight excluding hydrogens is 298 g/mol. The van der Waals surface area contributed by atoms with Gasteiger partial charge in [-0.2, -0.15) is 5.10 Å². The van der Waals surface area contributed by atoms with E-state index in [1.165, 1.54) is 0 Å². The molecule has 1 saturated heterocycles. The Morgan fingerprint density at radius 3 is 3.00 bits per heavy atom. The minimum Gasteiger partial charge on any atom is -0.375 e. The van der Waals surface area contributed by atoms with Gasteiger partial charge in [0, 0.05) is 25.0 Å². The van der Waals surface area contributed by atoms with Crippen molar-refractivity contribution in [2.45, 2.75) is 40.3 Å². The van der Waals surface area contributed by atoms with Crippen molar-refractivity contribution in [3.63, 3.8) is 0 Å². The Hall–Kier alpha value is -1.40. The first kappa shape index (κ1) is 15.5. The van der Waals surface area contributed by atoms with E-state index < -0.39 is 0 Å². The summed E-state index contributed by atoms with van der Waals surface area (Å²) < 4.78 is 7.56. The Balaban J connectivity index is 1.89. The zero-order chi connectivity index (χ0) is 15.9. The largest absolute Gasteiger partial charge is 0.375 e. The first-order valence-corrected chi connectivity index (χ1v) is 8.65. The Morgan fingerprint density at radius 2 is 2.32 bits per heavy atom. The molecule has 1 aliphatic heterocycles. The van der Waals surface area contributed by atoms with Crippen LogP contribution in [0.4, 0.5) is 0 Å². The number of ether oxygens (including phenoxy) is 1. The summed E-state index contributed by atoms with van der Waals surface area (Å²) in [6.07, 6.45) is 0.116. The highest BCUT2D eigenvalue weighted by Crippen LogP contribution is 2.30. The molecule has 2 aromatic rings. The fraction of sp³-hybridized carbons (Fsp3) is 0.625. The fourth-order valence-corrected chi connectivity index (χ4v) is 3.99. The van der Waals surface area contributed by atoms with Gasteiger partial charge in [0.25, 0.3) is 5.91 Å². The highest BCUT2D eigenvalue weighted by Gasteiger charge is 2.25. The molecular formula is C16H23N3O2S. The van der Waals surface area contributed by atoms with Crippen molar-refractivity contribution in [1.82, 2.24) is 14.7 Å². The second-order valence-corrected chi connectivity index (χ2v) is 7.45. The minimum absolute atomic E-state index is 0.116. The van der Waals surface area contributed by atoms with Crippen molar-refractivity contribution in [3.05, 3.63) is 16.6 Å². The zero-order valence-corrected chi connectivity index (χ0v) is 14.4. The van der Waals surface area contributed by atoms with E-state index >= 15 is 0 Å². The monoisotopic (exact) mass is 321 g/mol. The van der Waals surface area contributed by atoms with Crippen molar-refractivity contribution in [3.8, 4) is 0 Å². The summed E-state index contributed by atoms with van der Waals surface area (Å²) >= 11 is 1.56. The van der Waals surface area contributed by atoms with Gasteiger partial charge in [0.15, 0.2) is 0 Å². The molecule has 0 aliphatic carbocycles. The standard InChI is InChI=1S/C16H23N3O2S/c1-10(2)8-19-16-13(12(4)17-19)7-14(22-16)15(20)18-5-6-21-11(3)9-18/h7,10-11H,5-6,8-9H2,1-4H3/t11-/m0/s1. The van der Waals surface area contributed by atoms with Crippen LogP contribution in [0.5, 0.6) is 0 Å². The van der Waals surface area contributed by atoms with Crippen molar-refractivity contribution < 1.29 is 9.53 Å². The molecule has 5 nitrogen and oxygen atoms in total. The third-order valence-corrected chi connectivity index (χ3v) is 5.02. The van der Waals surface area contributed by atoms with Gasteiger partial charge in [-0.05, 0) is 25.8 Å². The third kappa shape index (κ3) is 2.90. The van der Waals surface area contributed by atoms with Gasteiger partial charge in [-0.25, -0.2) is 0 Å². The highest BCUT2D eigenvalue weighted by atomic mass is 32.1. The quantitative estimate of drug-likeness (QED) is 0.873. The second kappa shape index (κ2) is 6.01. The normalized spacial score (nSPS) is 19.3. The van der Waals surface area contributed by atoms with Gasteiger partial charge < -0.3 is 9.64 Å². The summed E-state index contributed by atoms with van der Waals surface area (Å²) in [5.41, 5.74) is 1.00. The molecule has 1 amide bonds. The van der Waals surface area contributed by atoms with E-state index in [2.05, 4.69) is 18.9 Å². The molecule has 6 heteroatoms. The van der Waals surface area contributed by atoms with Crippen molar-refractivity contribution in [1.29, 1.82) is 0 Å². The van der Waals surface area contributed by atoms with Crippen LogP contribution >= 0.6 is 11.3 Å². The Labute approximate surface area is 134 Å². The molecule has 1 aliphatic rings. The number of aromatic nitrogens is 2. The van der Waals surface area contributed by atoms with Gasteiger partial charge >= 0.3 is 0 Å². The lowest BCUT2D eigenvalue weighted by Crippen LogP contribution is -2.44. The Kier molecular flexibility index (Phi) is 4.23. The van der Waals surface area contributed by atoms with Crippen LogP contribution in [-0.2, 0) is 11.3 Å². The van der Waals surface area contributed by atoms with E-state index in [-0.39, 0.29) is 12.0 Å². The summed E-state index contributed by atoms with van der Waals surface area (Å²) in [5, 5.41) is 5.70. The van der Waals surface area contributed by atoms with E-state index in [0.29, 0.717) is 25.6 Å². The van der Waals surface area contributed by atoms with Gasteiger partial charge in [-0.3, -0.25) is 9.48 Å². The molecule has 0 radical (unpaired) electrons. The number of carbonyl (C=O) groups is 1. The highest BCUT2D eigenvalue weighted by molar-refractivity contribution is 7.20. The maximum Gasteiger partial charge on any atom is 0.264 e. The molecule has 1 fully saturated rings. The number of hydrogen-bond donors (Lipinski definition) is 0. The molecule has 0 aromatic carbocycles. The van der Waals surface area contributed by atoms with Crippen molar-refractivity contribution in [2.75, 3.05) is 19.7 Å². The molecule has 0 unspecified atom stereocenters. The maximum absolute atomic E-state index is 12.7. The number of carbonyl (C=O) groups excluding carboxylic acids is 1. The average molecular weight is 321 g/mol. The maximum atomic E-state index is 12.7. The first-order chi connectivity index (χ1) is 10.5. The van der Waals surface area contributed by atoms with E-state index in [0.717, 1.165) is 27.3 Å². The molecule has 1 atom stereocenters. The van der Waals surface area contributed by atoms with Crippen LogP contribution in [0.1, 0.15) is 36.1 Å². The second-order valence-electron chi connectivity index (χ2n) is 6.42. The molecule has 22 heavy (non-hydrogen) atoms. The van der Waals surface area contributed by atoms with Crippen LogP contribution in [0, 0.1) is 12.8 Å². The topological polar surface area (TPSA) is 47.4 Å². The van der Waals surface area contributed by atoms with Crippen LogP contribution in [0.3, 0.4) is 0 Å². The van der Waals surface area contributed by atoms with E-state index in [4.69, 9.17) is 4.74 Å². The molecule has 0 N–H and O–H groups in total. The first-order valence-electron chi connectivity index (χ1n) is 7.83. The summed E-state index contributed by atoms with van der Waals surface area (Å²) in [6.45, 7) is 11.2. The van der Waals surface area contributed by atoms with Crippen LogP contribution in [-0.4, -0.2) is 46.4 Å². The van der Waals surface area contributed by atoms with Crippen LogP contribution < -0.4 is 0 Å². The van der Waals surface area contributed by atoms with Crippen LogP contribution in [0.25, 0.3) is 10.2 Å². The van der Waals surface area contributed by atoms with Gasteiger partial charge in [0.05, 0.1) is 23.3 Å². The lowest BCUT2D eigenvalue weighted by molar-refractivity contribution is -0.0122. The van der Waals surface area contributed by atoms with Crippen molar-refractivity contribution in [2.24, 2.45) is 5.92 Å². The zero-order valence-electron chi connectivity index (χ0n) is 13.6. The van der Waals surface area contributed by atoms with Crippen LogP contribution in [0.15, 0.2) is 6.07 Å². The van der Waals surface area contributed by atoms with Gasteiger partial charge in [-0.15, -0.1) is 11.3 Å². The lowest BCUT2D eigenvalue weighted by atomic mass is 10.2. The summed E-state index contributed by atoms with van der Waals surface area (Å²) in [6, 6.07) is 2.00. The number of thiophene rings is 1. The minimum atomic E-state index is 0.116. The van der Waals surface area contributed by atoms with Crippen LogP contribution in [0.2, 0.25) is 0 Å². The Bertz CT molecular complexity index is 689. The van der Waals surface area contributed by atoms with E-state index in [9.17, 15) is 4.79 Å². The third-order valence-electron chi connectivity index (χ3n) is 3.88. The average Bonchev–Trinajstić information content (AvgIpc) is 3.00. The lowest BCUT2D eigenvalue weighted by Gasteiger charge is -2.30. The number of hydrogen-bond acceptors (Lipinski definition) is 4. The van der Waals surface area contributed by atoms with Gasteiger partial charge in [0.2, 0.25) is 0 Å². The summed E-state index contributed by atoms with van der Waals surface area (Å²) in [4.78, 5) is 16.5. The number of morpholine rings is 1. The SMILES string of the molecule is Cc1nn(CC(C)C)c2sc(C(=O)N3CCO[C@@H](C)C3)cc12. The predicted molar refractivity (Wildman–Crippen MR) is 88.5 cm³/mol. The number of nitrogens with zero attached hydrogens (tertiary/aromatic N) is 3. The fourth-order valence-electron chi connectivity index (χ4n) is 2.85. The molecule has 120 valence electrons. The van der Waals surface area contributed by atoms with E-state index in [1.54, 1.807) is 11.3 Å². The number of fused-ring (bicyclic) bond motifs is 1. The molecule has 0 saturated carbocycles. The molecule has 2 aromatic heterocycles.